The van der Waals surface area contributed by atoms with Gasteiger partial charge in [-0.05, 0) is 55.0 Å². The fourth-order valence-corrected chi connectivity index (χ4v) is 2.77. The van der Waals surface area contributed by atoms with Gasteiger partial charge in [0.05, 0.1) is 11.3 Å². The summed E-state index contributed by atoms with van der Waals surface area (Å²) in [6, 6.07) is 2.63. The lowest BCUT2D eigenvalue weighted by Crippen LogP contribution is -2.12. The zero-order valence-corrected chi connectivity index (χ0v) is 12.5. The molecule has 0 aromatic heterocycles. The van der Waals surface area contributed by atoms with Crippen LogP contribution in [-0.4, -0.2) is 10.8 Å². The first-order valence-corrected chi connectivity index (χ1v) is 7.16. The van der Waals surface area contributed by atoms with Crippen LogP contribution < -0.4 is 0 Å². The van der Waals surface area contributed by atoms with Crippen LogP contribution >= 0.6 is 11.6 Å². The van der Waals surface area contributed by atoms with Crippen molar-refractivity contribution in [2.24, 2.45) is 0 Å². The van der Waals surface area contributed by atoms with Crippen LogP contribution in [0, 0.1) is 5.41 Å². The molecule has 0 aliphatic heterocycles. The fourth-order valence-electron chi connectivity index (χ4n) is 2.56. The highest BCUT2D eigenvalue weighted by atomic mass is 35.5. The van der Waals surface area contributed by atoms with Crippen LogP contribution in [0.5, 0.6) is 5.75 Å². The van der Waals surface area contributed by atoms with Gasteiger partial charge in [-0.15, -0.1) is 0 Å². The Morgan fingerprint density at radius 1 is 1.18 bits per heavy atom. The highest BCUT2D eigenvalue weighted by Gasteiger charge is 2.31. The number of nitrogens with one attached hydrogen (secondary N) is 1. The molecule has 1 aliphatic rings. The van der Waals surface area contributed by atoms with E-state index < -0.39 is 17.5 Å². The Kier molecular flexibility index (Phi) is 4.66. The highest BCUT2D eigenvalue weighted by Crippen LogP contribution is 2.36. The van der Waals surface area contributed by atoms with Crippen LogP contribution in [0.1, 0.15) is 36.8 Å². The molecule has 1 aliphatic carbocycles. The Morgan fingerprint density at radius 2 is 1.77 bits per heavy atom. The molecule has 0 radical (unpaired) electrons. The maximum Gasteiger partial charge on any atom is 0.416 e. The van der Waals surface area contributed by atoms with Gasteiger partial charge in [-0.3, -0.25) is 5.41 Å². The maximum absolute atomic E-state index is 12.6. The highest BCUT2D eigenvalue weighted by molar-refractivity contribution is 6.32. The van der Waals surface area contributed by atoms with Gasteiger partial charge in [0, 0.05) is 10.6 Å². The first kappa shape index (κ1) is 16.6. The lowest BCUT2D eigenvalue weighted by Gasteiger charge is -2.21. The van der Waals surface area contributed by atoms with Crippen molar-refractivity contribution >= 4 is 17.3 Å². The lowest BCUT2D eigenvalue weighted by molar-refractivity contribution is -0.137. The molecule has 2 N–H and O–H groups in total. The van der Waals surface area contributed by atoms with Crippen LogP contribution in [0.2, 0.25) is 0 Å². The van der Waals surface area contributed by atoms with Gasteiger partial charge in [0.15, 0.2) is 0 Å². The van der Waals surface area contributed by atoms with E-state index >= 15 is 0 Å². The van der Waals surface area contributed by atoms with E-state index in [0.29, 0.717) is 29.5 Å². The smallest absolute Gasteiger partial charge is 0.416 e. The Labute approximate surface area is 131 Å². The van der Waals surface area contributed by atoms with Gasteiger partial charge in [-0.25, -0.2) is 0 Å². The third kappa shape index (κ3) is 3.35. The molecular weight excluding hydrogens is 315 g/mol. The minimum Gasteiger partial charge on any atom is -0.507 e. The third-order valence-electron chi connectivity index (χ3n) is 3.69. The van der Waals surface area contributed by atoms with Crippen molar-refractivity contribution < 1.29 is 18.3 Å². The first-order chi connectivity index (χ1) is 10.2. The van der Waals surface area contributed by atoms with Crippen molar-refractivity contribution in [3.05, 3.63) is 52.1 Å². The molecule has 6 heteroatoms. The van der Waals surface area contributed by atoms with Crippen LogP contribution in [0.3, 0.4) is 0 Å². The number of hydrogen-bond donors (Lipinski definition) is 2. The molecule has 118 valence electrons. The van der Waals surface area contributed by atoms with Crippen molar-refractivity contribution in [1.29, 1.82) is 5.41 Å². The summed E-state index contributed by atoms with van der Waals surface area (Å²) in [6.07, 6.45) is -1.46. The number of phenols is 1. The molecule has 22 heavy (non-hydrogen) atoms. The number of phenolic OH excluding ortho intramolecular Hbond substituents is 1. The number of hydrogen-bond acceptors (Lipinski definition) is 2. The second-order valence-corrected chi connectivity index (χ2v) is 5.63. The van der Waals surface area contributed by atoms with Crippen molar-refractivity contribution in [3.63, 3.8) is 0 Å². The lowest BCUT2D eigenvalue weighted by atomic mass is 9.86. The molecule has 1 aromatic rings. The van der Waals surface area contributed by atoms with E-state index in [-0.39, 0.29) is 11.3 Å². The standard InChI is InChI=1S/C16H15ClF3NO/c1-9(17)11-4-2-3-5-12(11)15(21)13-7-6-10(8-14(13)22)16(18,19)20/h6-8,21-22H,1-5H2. The van der Waals surface area contributed by atoms with E-state index in [4.69, 9.17) is 17.0 Å². The van der Waals surface area contributed by atoms with Crippen LogP contribution in [0.15, 0.2) is 41.0 Å². The van der Waals surface area contributed by atoms with Gasteiger partial charge in [-0.1, -0.05) is 18.2 Å². The minimum absolute atomic E-state index is 0.00252. The molecule has 0 bridgehead atoms. The van der Waals surface area contributed by atoms with Gasteiger partial charge >= 0.3 is 6.18 Å². The number of alkyl halides is 3. The normalized spacial score (nSPS) is 15.8. The summed E-state index contributed by atoms with van der Waals surface area (Å²) in [5.41, 5.74) is 0.516. The number of aromatic hydroxyl groups is 1. The Bertz CT molecular complexity index is 662. The molecule has 0 saturated heterocycles. The zero-order chi connectivity index (χ0) is 16.5. The average Bonchev–Trinajstić information content (AvgIpc) is 2.45. The summed E-state index contributed by atoms with van der Waals surface area (Å²) in [4.78, 5) is 0. The Hall–Kier alpha value is -1.75. The number of rotatable bonds is 3. The van der Waals surface area contributed by atoms with E-state index in [1.807, 2.05) is 0 Å². The van der Waals surface area contributed by atoms with Crippen LogP contribution in [0.25, 0.3) is 0 Å². The maximum atomic E-state index is 12.6. The van der Waals surface area contributed by atoms with Gasteiger partial charge in [0.1, 0.15) is 5.75 Å². The molecule has 0 unspecified atom stereocenters. The summed E-state index contributed by atoms with van der Waals surface area (Å²) in [7, 11) is 0. The summed E-state index contributed by atoms with van der Waals surface area (Å²) < 4.78 is 37.9. The first-order valence-electron chi connectivity index (χ1n) is 6.78. The zero-order valence-electron chi connectivity index (χ0n) is 11.7. The van der Waals surface area contributed by atoms with Gasteiger partial charge in [-0.2, -0.15) is 13.2 Å². The molecule has 1 aromatic carbocycles. The number of allylic oxidation sites excluding steroid dienone is 3. The quantitative estimate of drug-likeness (QED) is 0.716. The fraction of sp³-hybridized carbons (Fsp3) is 0.312. The minimum atomic E-state index is -4.53. The van der Waals surface area contributed by atoms with Crippen molar-refractivity contribution in [2.75, 3.05) is 0 Å². The molecule has 0 fully saturated rings. The van der Waals surface area contributed by atoms with E-state index in [1.165, 1.54) is 0 Å². The molecule has 0 amide bonds. The molecule has 2 rings (SSSR count). The van der Waals surface area contributed by atoms with E-state index in [0.717, 1.165) is 30.5 Å². The molecule has 0 atom stereocenters. The summed E-state index contributed by atoms with van der Waals surface area (Å²) in [6.45, 7) is 3.67. The van der Waals surface area contributed by atoms with Crippen molar-refractivity contribution in [2.45, 2.75) is 31.9 Å². The van der Waals surface area contributed by atoms with Gasteiger partial charge in [0.25, 0.3) is 0 Å². The van der Waals surface area contributed by atoms with E-state index in [1.54, 1.807) is 0 Å². The summed E-state index contributed by atoms with van der Waals surface area (Å²) in [5, 5.41) is 18.4. The second-order valence-electron chi connectivity index (χ2n) is 5.17. The van der Waals surface area contributed by atoms with Crippen molar-refractivity contribution in [3.8, 4) is 5.75 Å². The SMILES string of the molecule is C=C(Cl)C1=C(C(=N)c2ccc(C(F)(F)F)cc2O)CCCC1. The van der Waals surface area contributed by atoms with Gasteiger partial charge in [0.2, 0.25) is 0 Å². The molecule has 0 saturated carbocycles. The molecule has 0 heterocycles. The summed E-state index contributed by atoms with van der Waals surface area (Å²) >= 11 is 5.95. The van der Waals surface area contributed by atoms with Gasteiger partial charge < -0.3 is 5.11 Å². The van der Waals surface area contributed by atoms with E-state index in [9.17, 15) is 18.3 Å². The Morgan fingerprint density at radius 3 is 2.27 bits per heavy atom. The second kappa shape index (κ2) is 6.16. The predicted molar refractivity (Wildman–Crippen MR) is 80.4 cm³/mol. The molecule has 2 nitrogen and oxygen atoms in total. The van der Waals surface area contributed by atoms with Crippen molar-refractivity contribution in [1.82, 2.24) is 0 Å². The summed E-state index contributed by atoms with van der Waals surface area (Å²) in [5.74, 6) is -0.558. The average molecular weight is 330 g/mol. The topological polar surface area (TPSA) is 44.1 Å². The van der Waals surface area contributed by atoms with E-state index in [2.05, 4.69) is 6.58 Å². The molecule has 0 spiro atoms. The monoisotopic (exact) mass is 329 g/mol. The largest absolute Gasteiger partial charge is 0.507 e. The third-order valence-corrected chi connectivity index (χ3v) is 3.92. The molecular formula is C16H15ClF3NO. The number of benzene rings is 1. The van der Waals surface area contributed by atoms with Crippen LogP contribution in [-0.2, 0) is 6.18 Å². The van der Waals surface area contributed by atoms with Crippen LogP contribution in [0.4, 0.5) is 13.2 Å². The Balaban J connectivity index is 2.43. The predicted octanol–water partition coefficient (Wildman–Crippen LogP) is 5.40. The number of halogens is 4.